The number of carbonyl (C=O) groups excluding carboxylic acids is 1. The molecule has 0 saturated carbocycles. The number of hydrogen-bond donors (Lipinski definition) is 1. The van der Waals surface area contributed by atoms with Crippen LogP contribution in [0.15, 0.2) is 17.3 Å². The largest absolute Gasteiger partial charge is 0.363 e. The number of amidine groups is 1. The van der Waals surface area contributed by atoms with Crippen molar-refractivity contribution in [2.45, 2.75) is 26.2 Å². The molecule has 1 rings (SSSR count). The van der Waals surface area contributed by atoms with Crippen molar-refractivity contribution < 1.29 is 4.79 Å². The van der Waals surface area contributed by atoms with E-state index in [4.69, 9.17) is 0 Å². The second-order valence-corrected chi connectivity index (χ2v) is 3.31. The average molecular weight is 195 g/mol. The summed E-state index contributed by atoms with van der Waals surface area (Å²) >= 11 is 0. The molecule has 1 aliphatic rings. The van der Waals surface area contributed by atoms with E-state index >= 15 is 0 Å². The topological polar surface area (TPSA) is 44.7 Å². The fraction of sp³-hybridized carbons (Fsp3) is 0.600. The first-order valence-electron chi connectivity index (χ1n) is 4.98. The standard InChI is InChI=1S/C10H17N3O/c1-3-4-7-11-10(14)12-9-6-5-8-13(9)2/h4,7H,3,5-6,8H2,1-2H3,(H,11,14). The van der Waals surface area contributed by atoms with Crippen molar-refractivity contribution in [2.75, 3.05) is 13.6 Å². The third kappa shape index (κ3) is 3.20. The number of carbonyl (C=O) groups is 1. The fourth-order valence-corrected chi connectivity index (χ4v) is 1.33. The van der Waals surface area contributed by atoms with Crippen LogP contribution < -0.4 is 5.32 Å². The SMILES string of the molecule is CCC=CNC(=O)N=C1CCCN1C. The Labute approximate surface area is 84.7 Å². The minimum absolute atomic E-state index is 0.279. The first-order valence-corrected chi connectivity index (χ1v) is 4.98. The van der Waals surface area contributed by atoms with Crippen molar-refractivity contribution in [3.63, 3.8) is 0 Å². The van der Waals surface area contributed by atoms with E-state index in [-0.39, 0.29) is 6.03 Å². The Morgan fingerprint density at radius 3 is 3.07 bits per heavy atom. The van der Waals surface area contributed by atoms with Gasteiger partial charge in [-0.2, -0.15) is 4.99 Å². The second-order valence-electron chi connectivity index (χ2n) is 3.31. The number of nitrogens with zero attached hydrogens (tertiary/aromatic N) is 2. The van der Waals surface area contributed by atoms with E-state index in [0.29, 0.717) is 0 Å². The van der Waals surface area contributed by atoms with Gasteiger partial charge in [0, 0.05) is 26.2 Å². The van der Waals surface area contributed by atoms with E-state index in [9.17, 15) is 4.79 Å². The number of amides is 2. The molecule has 0 spiro atoms. The van der Waals surface area contributed by atoms with E-state index in [0.717, 1.165) is 31.6 Å². The summed E-state index contributed by atoms with van der Waals surface area (Å²) in [6.07, 6.45) is 6.43. The van der Waals surface area contributed by atoms with Crippen molar-refractivity contribution in [3.05, 3.63) is 12.3 Å². The van der Waals surface area contributed by atoms with Gasteiger partial charge < -0.3 is 10.2 Å². The van der Waals surface area contributed by atoms with Crippen LogP contribution >= 0.6 is 0 Å². The van der Waals surface area contributed by atoms with E-state index in [2.05, 4.69) is 10.3 Å². The number of hydrogen-bond acceptors (Lipinski definition) is 1. The summed E-state index contributed by atoms with van der Waals surface area (Å²) in [6, 6.07) is -0.279. The van der Waals surface area contributed by atoms with Gasteiger partial charge in [0.25, 0.3) is 0 Å². The maximum absolute atomic E-state index is 11.2. The molecule has 1 heterocycles. The van der Waals surface area contributed by atoms with Crippen LogP contribution in [-0.2, 0) is 0 Å². The summed E-state index contributed by atoms with van der Waals surface area (Å²) in [5, 5.41) is 2.60. The van der Waals surface area contributed by atoms with Gasteiger partial charge in [-0.15, -0.1) is 0 Å². The highest BCUT2D eigenvalue weighted by atomic mass is 16.2. The van der Waals surface area contributed by atoms with Crippen LogP contribution in [0.2, 0.25) is 0 Å². The van der Waals surface area contributed by atoms with Crippen LogP contribution in [0.1, 0.15) is 26.2 Å². The molecule has 0 bridgehead atoms. The Morgan fingerprint density at radius 1 is 1.71 bits per heavy atom. The van der Waals surface area contributed by atoms with Crippen LogP contribution in [0.5, 0.6) is 0 Å². The predicted octanol–water partition coefficient (Wildman–Crippen LogP) is 1.74. The number of rotatable bonds is 2. The quantitative estimate of drug-likeness (QED) is 0.729. The van der Waals surface area contributed by atoms with Gasteiger partial charge in [-0.1, -0.05) is 13.0 Å². The van der Waals surface area contributed by atoms with Crippen LogP contribution in [0.25, 0.3) is 0 Å². The molecular weight excluding hydrogens is 178 g/mol. The Bertz CT molecular complexity index is 258. The average Bonchev–Trinajstić information content (AvgIpc) is 2.52. The highest BCUT2D eigenvalue weighted by Crippen LogP contribution is 2.08. The molecule has 4 nitrogen and oxygen atoms in total. The fourth-order valence-electron chi connectivity index (χ4n) is 1.33. The molecule has 0 aliphatic carbocycles. The number of aliphatic imine (C=N–C) groups is 1. The van der Waals surface area contributed by atoms with Crippen molar-refractivity contribution in [1.29, 1.82) is 0 Å². The number of urea groups is 1. The predicted molar refractivity (Wildman–Crippen MR) is 57.3 cm³/mol. The van der Waals surface area contributed by atoms with Crippen LogP contribution in [0.4, 0.5) is 4.79 Å². The summed E-state index contributed by atoms with van der Waals surface area (Å²) in [5.41, 5.74) is 0. The van der Waals surface area contributed by atoms with E-state index in [1.807, 2.05) is 24.9 Å². The Hall–Kier alpha value is -1.32. The lowest BCUT2D eigenvalue weighted by Gasteiger charge is -2.09. The molecule has 0 radical (unpaired) electrons. The van der Waals surface area contributed by atoms with E-state index < -0.39 is 0 Å². The van der Waals surface area contributed by atoms with Gasteiger partial charge >= 0.3 is 6.03 Å². The Kier molecular flexibility index (Phi) is 4.16. The Balaban J connectivity index is 2.42. The zero-order valence-electron chi connectivity index (χ0n) is 8.79. The monoisotopic (exact) mass is 195 g/mol. The molecule has 14 heavy (non-hydrogen) atoms. The smallest absolute Gasteiger partial charge is 0.346 e. The normalized spacial score (nSPS) is 19.6. The third-order valence-corrected chi connectivity index (χ3v) is 2.13. The van der Waals surface area contributed by atoms with Gasteiger partial charge in [-0.25, -0.2) is 4.79 Å². The van der Waals surface area contributed by atoms with Crippen LogP contribution in [0.3, 0.4) is 0 Å². The summed E-state index contributed by atoms with van der Waals surface area (Å²) in [6.45, 7) is 3.01. The van der Waals surface area contributed by atoms with Crippen molar-refractivity contribution >= 4 is 11.9 Å². The minimum Gasteiger partial charge on any atom is -0.363 e. The lowest BCUT2D eigenvalue weighted by molar-refractivity contribution is 0.252. The highest BCUT2D eigenvalue weighted by Gasteiger charge is 2.14. The molecule has 78 valence electrons. The van der Waals surface area contributed by atoms with Gasteiger partial charge in [0.15, 0.2) is 0 Å². The summed E-state index contributed by atoms with van der Waals surface area (Å²) in [4.78, 5) is 17.2. The molecule has 0 aromatic rings. The summed E-state index contributed by atoms with van der Waals surface area (Å²) < 4.78 is 0. The zero-order chi connectivity index (χ0) is 10.4. The van der Waals surface area contributed by atoms with E-state index in [1.54, 1.807) is 6.20 Å². The number of likely N-dealkylation sites (tertiary alicyclic amines) is 1. The highest BCUT2D eigenvalue weighted by molar-refractivity contribution is 5.94. The van der Waals surface area contributed by atoms with Gasteiger partial charge in [-0.05, 0) is 12.8 Å². The molecule has 0 atom stereocenters. The van der Waals surface area contributed by atoms with E-state index in [1.165, 1.54) is 0 Å². The maximum atomic E-state index is 11.2. The number of nitrogens with one attached hydrogen (secondary N) is 1. The van der Waals surface area contributed by atoms with Gasteiger partial charge in [0.2, 0.25) is 0 Å². The molecule has 2 amide bonds. The van der Waals surface area contributed by atoms with Gasteiger partial charge in [0.1, 0.15) is 5.84 Å². The lowest BCUT2D eigenvalue weighted by atomic mass is 10.4. The first kappa shape index (κ1) is 10.8. The molecular formula is C10H17N3O. The zero-order valence-corrected chi connectivity index (χ0v) is 8.79. The molecule has 1 saturated heterocycles. The van der Waals surface area contributed by atoms with Crippen LogP contribution in [-0.4, -0.2) is 30.4 Å². The molecule has 0 aromatic carbocycles. The first-order chi connectivity index (χ1) is 6.74. The molecule has 0 aromatic heterocycles. The maximum Gasteiger partial charge on any atom is 0.346 e. The molecule has 1 fully saturated rings. The summed E-state index contributed by atoms with van der Waals surface area (Å²) in [5.74, 6) is 0.882. The van der Waals surface area contributed by atoms with Crippen molar-refractivity contribution in [3.8, 4) is 0 Å². The second kappa shape index (κ2) is 5.42. The lowest BCUT2D eigenvalue weighted by Crippen LogP contribution is -2.23. The van der Waals surface area contributed by atoms with Gasteiger partial charge in [-0.3, -0.25) is 0 Å². The Morgan fingerprint density at radius 2 is 2.50 bits per heavy atom. The molecule has 0 unspecified atom stereocenters. The van der Waals surface area contributed by atoms with Crippen molar-refractivity contribution in [1.82, 2.24) is 10.2 Å². The number of allylic oxidation sites excluding steroid dienone is 1. The van der Waals surface area contributed by atoms with Crippen molar-refractivity contribution in [2.24, 2.45) is 4.99 Å². The third-order valence-electron chi connectivity index (χ3n) is 2.13. The molecule has 1 N–H and O–H groups in total. The summed E-state index contributed by atoms with van der Waals surface area (Å²) in [7, 11) is 1.96. The molecule has 4 heteroatoms. The molecule has 1 aliphatic heterocycles. The van der Waals surface area contributed by atoms with Gasteiger partial charge in [0.05, 0.1) is 0 Å². The minimum atomic E-state index is -0.279. The van der Waals surface area contributed by atoms with Crippen LogP contribution in [0, 0.1) is 0 Å².